The Morgan fingerprint density at radius 2 is 0.895 bits per heavy atom. The van der Waals surface area contributed by atoms with Gasteiger partial charge in [-0.15, -0.1) is 0 Å². The number of phenols is 1. The molecule has 1 heteroatoms. The first-order chi connectivity index (χ1) is 9.36. The van der Waals surface area contributed by atoms with Crippen LogP contribution in [0.1, 0.15) is 0 Å². The molecule has 1 nitrogen and oxygen atoms in total. The van der Waals surface area contributed by atoms with Gasteiger partial charge in [0.25, 0.3) is 0 Å². The van der Waals surface area contributed by atoms with Crippen molar-refractivity contribution in [3.8, 4) is 28.0 Å². The summed E-state index contributed by atoms with van der Waals surface area (Å²) >= 11 is 0. The Labute approximate surface area is 112 Å². The van der Waals surface area contributed by atoms with E-state index in [0.29, 0.717) is 5.75 Å². The minimum Gasteiger partial charge on any atom is -0.507 e. The van der Waals surface area contributed by atoms with Gasteiger partial charge in [-0.25, -0.2) is 0 Å². The van der Waals surface area contributed by atoms with E-state index in [1.165, 1.54) is 0 Å². The molecule has 3 aromatic carbocycles. The van der Waals surface area contributed by atoms with Crippen LogP contribution in [0.2, 0.25) is 0 Å². The summed E-state index contributed by atoms with van der Waals surface area (Å²) in [6.07, 6.45) is 0. The van der Waals surface area contributed by atoms with Crippen LogP contribution in [0.4, 0.5) is 0 Å². The lowest BCUT2D eigenvalue weighted by Gasteiger charge is -2.10. The molecule has 0 aliphatic heterocycles. The normalized spacial score (nSPS) is 10.3. The lowest BCUT2D eigenvalue weighted by atomic mass is 10.1. The molecule has 92 valence electrons. The summed E-state index contributed by atoms with van der Waals surface area (Å²) in [6, 6.07) is 25.7. The first-order valence-electron chi connectivity index (χ1n) is 6.29. The van der Waals surface area contributed by atoms with Gasteiger partial charge in [-0.1, -0.05) is 78.9 Å². The van der Waals surface area contributed by atoms with Gasteiger partial charge in [-0.2, -0.15) is 0 Å². The summed E-state index contributed by atoms with van der Waals surface area (Å²) in [5.41, 5.74) is 3.78. The molecular formula is C18H14O. The summed E-state index contributed by atoms with van der Waals surface area (Å²) < 4.78 is 0. The lowest BCUT2D eigenvalue weighted by molar-refractivity contribution is 0.479. The van der Waals surface area contributed by atoms with E-state index in [1.807, 2.05) is 78.9 Å². The van der Waals surface area contributed by atoms with E-state index < -0.39 is 0 Å². The maximum absolute atomic E-state index is 10.5. The fourth-order valence-electron chi connectivity index (χ4n) is 2.24. The van der Waals surface area contributed by atoms with Crippen LogP contribution in [-0.2, 0) is 0 Å². The fourth-order valence-corrected chi connectivity index (χ4v) is 2.24. The van der Waals surface area contributed by atoms with Crippen molar-refractivity contribution in [1.29, 1.82) is 0 Å². The van der Waals surface area contributed by atoms with Crippen molar-refractivity contribution in [2.24, 2.45) is 0 Å². The summed E-state index contributed by atoms with van der Waals surface area (Å²) in [7, 11) is 0. The Bertz CT molecular complexity index is 615. The molecule has 0 saturated heterocycles. The van der Waals surface area contributed by atoms with Crippen molar-refractivity contribution >= 4 is 0 Å². The molecule has 3 aromatic rings. The van der Waals surface area contributed by atoms with E-state index in [4.69, 9.17) is 0 Å². The van der Waals surface area contributed by atoms with Crippen molar-refractivity contribution < 1.29 is 5.11 Å². The topological polar surface area (TPSA) is 20.2 Å². The number of hydrogen-bond donors (Lipinski definition) is 1. The fraction of sp³-hybridized carbons (Fsp3) is 0. The van der Waals surface area contributed by atoms with Crippen LogP contribution in [0.3, 0.4) is 0 Å². The second kappa shape index (κ2) is 4.99. The van der Waals surface area contributed by atoms with Crippen LogP contribution in [0.15, 0.2) is 78.9 Å². The smallest absolute Gasteiger partial charge is 0.131 e. The van der Waals surface area contributed by atoms with Gasteiger partial charge in [0.05, 0.1) is 0 Å². The SMILES string of the molecule is O[13c]1c(-c2ccccc2)cccc1-c1ccccc1. The predicted octanol–water partition coefficient (Wildman–Crippen LogP) is 4.73. The maximum atomic E-state index is 10.5. The number of para-hydroxylation sites is 1. The molecule has 0 atom stereocenters. The van der Waals surface area contributed by atoms with E-state index in [-0.39, 0.29) is 0 Å². The third kappa shape index (κ3) is 2.23. The Hall–Kier alpha value is -2.54. The molecule has 0 spiro atoms. The van der Waals surface area contributed by atoms with E-state index in [1.54, 1.807) is 0 Å². The molecule has 0 unspecified atom stereocenters. The van der Waals surface area contributed by atoms with E-state index in [9.17, 15) is 5.11 Å². The van der Waals surface area contributed by atoms with Crippen LogP contribution >= 0.6 is 0 Å². The Balaban J connectivity index is 2.15. The second-order valence-electron chi connectivity index (χ2n) is 4.43. The predicted molar refractivity (Wildman–Crippen MR) is 79.0 cm³/mol. The van der Waals surface area contributed by atoms with Gasteiger partial charge in [-0.3, -0.25) is 0 Å². The molecule has 1 N–H and O–H groups in total. The van der Waals surface area contributed by atoms with E-state index in [2.05, 4.69) is 0 Å². The average Bonchev–Trinajstić information content (AvgIpc) is 2.49. The van der Waals surface area contributed by atoms with Gasteiger partial charge in [0.1, 0.15) is 5.75 Å². The van der Waals surface area contributed by atoms with Crippen LogP contribution in [-0.4, -0.2) is 5.11 Å². The third-order valence-corrected chi connectivity index (χ3v) is 3.21. The highest BCUT2D eigenvalue weighted by Crippen LogP contribution is 2.37. The molecule has 3 rings (SSSR count). The largest absolute Gasteiger partial charge is 0.507 e. The van der Waals surface area contributed by atoms with Gasteiger partial charge in [0, 0.05) is 11.1 Å². The van der Waals surface area contributed by atoms with Crippen molar-refractivity contribution in [1.82, 2.24) is 0 Å². The zero-order valence-corrected chi connectivity index (χ0v) is 10.5. The van der Waals surface area contributed by atoms with Gasteiger partial charge >= 0.3 is 0 Å². The van der Waals surface area contributed by atoms with Gasteiger partial charge in [0.15, 0.2) is 0 Å². The number of hydrogen-bond acceptors (Lipinski definition) is 1. The lowest BCUT2D eigenvalue weighted by Crippen LogP contribution is -1.83. The van der Waals surface area contributed by atoms with Crippen LogP contribution < -0.4 is 0 Å². The molecule has 0 radical (unpaired) electrons. The minimum atomic E-state index is 0.333. The second-order valence-corrected chi connectivity index (χ2v) is 4.43. The average molecular weight is 247 g/mol. The highest BCUT2D eigenvalue weighted by atomic mass is 16.3. The molecule has 0 bridgehead atoms. The Morgan fingerprint density at radius 3 is 1.32 bits per heavy atom. The monoisotopic (exact) mass is 247 g/mol. The molecule has 0 aliphatic carbocycles. The van der Waals surface area contributed by atoms with Crippen molar-refractivity contribution in [2.45, 2.75) is 0 Å². The summed E-state index contributed by atoms with van der Waals surface area (Å²) in [5, 5.41) is 10.5. The Kier molecular flexibility index (Phi) is 3.03. The molecule has 0 aromatic heterocycles. The third-order valence-electron chi connectivity index (χ3n) is 3.21. The summed E-state index contributed by atoms with van der Waals surface area (Å²) in [6.45, 7) is 0. The maximum Gasteiger partial charge on any atom is 0.131 e. The van der Waals surface area contributed by atoms with Gasteiger partial charge < -0.3 is 5.11 Å². The highest BCUT2D eigenvalue weighted by molar-refractivity contribution is 5.81. The number of aromatic hydroxyl groups is 1. The molecule has 19 heavy (non-hydrogen) atoms. The number of rotatable bonds is 2. The van der Waals surface area contributed by atoms with Crippen molar-refractivity contribution in [2.75, 3.05) is 0 Å². The highest BCUT2D eigenvalue weighted by Gasteiger charge is 2.09. The van der Waals surface area contributed by atoms with Gasteiger partial charge in [-0.05, 0) is 11.1 Å². The summed E-state index contributed by atoms with van der Waals surface area (Å²) in [5.74, 6) is 0.333. The Morgan fingerprint density at radius 1 is 0.474 bits per heavy atom. The quantitative estimate of drug-likeness (QED) is 0.694. The van der Waals surface area contributed by atoms with Crippen LogP contribution in [0, 0.1) is 0 Å². The van der Waals surface area contributed by atoms with Gasteiger partial charge in [0.2, 0.25) is 0 Å². The zero-order valence-electron chi connectivity index (χ0n) is 10.5. The van der Waals surface area contributed by atoms with Crippen LogP contribution in [0.25, 0.3) is 22.3 Å². The van der Waals surface area contributed by atoms with E-state index >= 15 is 0 Å². The molecule has 0 aliphatic rings. The molecule has 0 heterocycles. The van der Waals surface area contributed by atoms with Crippen molar-refractivity contribution in [3.63, 3.8) is 0 Å². The number of phenolic OH excluding ortho intramolecular Hbond substituents is 1. The molecular weight excluding hydrogens is 233 g/mol. The number of benzene rings is 3. The summed E-state index contributed by atoms with van der Waals surface area (Å²) in [4.78, 5) is 0. The standard InChI is InChI=1S/C18H14O/c19-18-16(14-8-3-1-4-9-14)12-7-13-17(18)15-10-5-2-6-11-15/h1-13,19H/i18+1. The van der Waals surface area contributed by atoms with E-state index in [0.717, 1.165) is 22.3 Å². The van der Waals surface area contributed by atoms with Crippen molar-refractivity contribution in [3.05, 3.63) is 78.9 Å². The molecule has 0 saturated carbocycles. The first kappa shape index (κ1) is 11.5. The molecule has 0 amide bonds. The first-order valence-corrected chi connectivity index (χ1v) is 6.29. The molecule has 0 fully saturated rings. The van der Waals surface area contributed by atoms with Crippen LogP contribution in [0.5, 0.6) is 5.75 Å². The zero-order chi connectivity index (χ0) is 13.1. The minimum absolute atomic E-state index is 0.333.